The number of ether oxygens (including phenoxy) is 2. The SMILES string of the molecule is CCc1ccc(C2=CC(c3cc(Br)ccc3O)[NH2+]C(c3ccc(OC)c(OC)c3)N2)cc1. The molecule has 5 nitrogen and oxygen atoms in total. The van der Waals surface area contributed by atoms with Crippen molar-refractivity contribution in [2.75, 3.05) is 14.2 Å². The van der Waals surface area contributed by atoms with Gasteiger partial charge in [-0.05, 0) is 53.9 Å². The summed E-state index contributed by atoms with van der Waals surface area (Å²) in [4.78, 5) is 0. The molecule has 4 rings (SSSR count). The van der Waals surface area contributed by atoms with Gasteiger partial charge < -0.3 is 25.2 Å². The molecular formula is C26H28BrN2O3+. The number of phenols is 1. The molecule has 0 saturated carbocycles. The zero-order valence-corrected chi connectivity index (χ0v) is 20.0. The van der Waals surface area contributed by atoms with E-state index in [0.29, 0.717) is 11.5 Å². The van der Waals surface area contributed by atoms with Crippen LogP contribution in [-0.2, 0) is 6.42 Å². The van der Waals surface area contributed by atoms with E-state index in [-0.39, 0.29) is 18.0 Å². The Morgan fingerprint density at radius 1 is 0.969 bits per heavy atom. The lowest BCUT2D eigenvalue weighted by Gasteiger charge is -2.30. The van der Waals surface area contributed by atoms with Gasteiger partial charge >= 0.3 is 0 Å². The molecule has 1 heterocycles. The van der Waals surface area contributed by atoms with Crippen LogP contribution in [0.3, 0.4) is 0 Å². The lowest BCUT2D eigenvalue weighted by atomic mass is 9.97. The molecule has 3 aromatic rings. The van der Waals surface area contributed by atoms with Gasteiger partial charge in [0, 0.05) is 21.8 Å². The van der Waals surface area contributed by atoms with Crippen molar-refractivity contribution >= 4 is 21.6 Å². The molecule has 0 bridgehead atoms. The van der Waals surface area contributed by atoms with Gasteiger partial charge in [0.25, 0.3) is 0 Å². The number of halogens is 1. The molecule has 32 heavy (non-hydrogen) atoms. The molecular weight excluding hydrogens is 468 g/mol. The lowest BCUT2D eigenvalue weighted by molar-refractivity contribution is -0.731. The third-order valence-electron chi connectivity index (χ3n) is 5.85. The highest BCUT2D eigenvalue weighted by atomic mass is 79.9. The fourth-order valence-electron chi connectivity index (χ4n) is 4.03. The predicted molar refractivity (Wildman–Crippen MR) is 130 cm³/mol. The molecule has 0 fully saturated rings. The average molecular weight is 496 g/mol. The number of aromatic hydroxyl groups is 1. The molecule has 0 aromatic heterocycles. The van der Waals surface area contributed by atoms with Gasteiger partial charge in [0.1, 0.15) is 11.8 Å². The monoisotopic (exact) mass is 495 g/mol. The summed E-state index contributed by atoms with van der Waals surface area (Å²) in [6.07, 6.45) is 3.09. The maximum absolute atomic E-state index is 10.6. The third kappa shape index (κ3) is 4.61. The van der Waals surface area contributed by atoms with Crippen molar-refractivity contribution in [3.63, 3.8) is 0 Å². The van der Waals surface area contributed by atoms with Crippen LogP contribution >= 0.6 is 15.9 Å². The molecule has 166 valence electrons. The first-order chi connectivity index (χ1) is 15.5. The number of rotatable bonds is 6. The zero-order chi connectivity index (χ0) is 22.7. The molecule has 1 aliphatic heterocycles. The van der Waals surface area contributed by atoms with Crippen LogP contribution < -0.4 is 20.1 Å². The lowest BCUT2D eigenvalue weighted by Crippen LogP contribution is -2.89. The number of phenolic OH excluding ortho intramolecular Hbond substituents is 1. The van der Waals surface area contributed by atoms with Gasteiger partial charge in [-0.25, -0.2) is 0 Å². The maximum atomic E-state index is 10.6. The summed E-state index contributed by atoms with van der Waals surface area (Å²) in [6, 6.07) is 20.0. The molecule has 6 heteroatoms. The van der Waals surface area contributed by atoms with E-state index in [1.165, 1.54) is 5.56 Å². The molecule has 3 aromatic carbocycles. The van der Waals surface area contributed by atoms with Crippen LogP contribution in [0.5, 0.6) is 17.2 Å². The molecule has 2 atom stereocenters. The second-order valence-corrected chi connectivity index (χ2v) is 8.70. The topological polar surface area (TPSA) is 67.3 Å². The second-order valence-electron chi connectivity index (χ2n) is 7.79. The number of nitrogens with two attached hydrogens (primary N) is 1. The summed E-state index contributed by atoms with van der Waals surface area (Å²) in [5, 5.41) is 16.5. The van der Waals surface area contributed by atoms with Crippen molar-refractivity contribution in [2.24, 2.45) is 0 Å². The van der Waals surface area contributed by atoms with Crippen LogP contribution in [-0.4, -0.2) is 19.3 Å². The quantitative estimate of drug-likeness (QED) is 0.464. The molecule has 0 amide bonds. The van der Waals surface area contributed by atoms with Crippen molar-refractivity contribution in [3.8, 4) is 17.2 Å². The van der Waals surface area contributed by atoms with E-state index in [9.17, 15) is 5.11 Å². The van der Waals surface area contributed by atoms with Gasteiger partial charge in [0.05, 0.1) is 19.8 Å². The smallest absolute Gasteiger partial charge is 0.186 e. The molecule has 0 aliphatic carbocycles. The Hall–Kier alpha value is -2.96. The van der Waals surface area contributed by atoms with E-state index in [2.05, 4.69) is 63.8 Å². The van der Waals surface area contributed by atoms with E-state index in [0.717, 1.165) is 33.3 Å². The van der Waals surface area contributed by atoms with E-state index in [1.54, 1.807) is 20.3 Å². The second kappa shape index (κ2) is 9.67. The van der Waals surface area contributed by atoms with Crippen molar-refractivity contribution < 1.29 is 19.9 Å². The molecule has 0 spiro atoms. The van der Waals surface area contributed by atoms with Gasteiger partial charge in [-0.1, -0.05) is 47.1 Å². The Kier molecular flexibility index (Phi) is 6.72. The number of hydrogen-bond acceptors (Lipinski definition) is 4. The van der Waals surface area contributed by atoms with Gasteiger partial charge in [0.15, 0.2) is 17.7 Å². The molecule has 4 N–H and O–H groups in total. The third-order valence-corrected chi connectivity index (χ3v) is 6.34. The number of aryl methyl sites for hydroxylation is 1. The van der Waals surface area contributed by atoms with Crippen LogP contribution in [0, 0.1) is 0 Å². The van der Waals surface area contributed by atoms with Crippen LogP contribution in [0.15, 0.2) is 71.2 Å². The summed E-state index contributed by atoms with van der Waals surface area (Å²) in [5.41, 5.74) is 5.35. The summed E-state index contributed by atoms with van der Waals surface area (Å²) in [5.74, 6) is 1.66. The fourth-order valence-corrected chi connectivity index (χ4v) is 4.41. The largest absolute Gasteiger partial charge is 0.507 e. The first-order valence-electron chi connectivity index (χ1n) is 10.7. The van der Waals surface area contributed by atoms with Crippen molar-refractivity contribution in [3.05, 3.63) is 93.5 Å². The van der Waals surface area contributed by atoms with Crippen LogP contribution in [0.1, 0.15) is 41.4 Å². The molecule has 0 radical (unpaired) electrons. The maximum Gasteiger partial charge on any atom is 0.186 e. The van der Waals surface area contributed by atoms with Crippen LogP contribution in [0.4, 0.5) is 0 Å². The molecule has 1 aliphatic rings. The van der Waals surface area contributed by atoms with E-state index < -0.39 is 0 Å². The Balaban J connectivity index is 1.76. The first kappa shape index (κ1) is 22.2. The Morgan fingerprint density at radius 2 is 1.72 bits per heavy atom. The Labute approximate surface area is 197 Å². The minimum atomic E-state index is -0.0796. The standard InChI is InChI=1S/C26H27BrN2O3/c1-4-16-5-7-17(8-6-16)21-15-22(20-14-19(27)10-11-23(20)30)29-26(28-21)18-9-12-24(31-2)25(13-18)32-3/h5-15,22,26,28-30H,4H2,1-3H3/p+1. The van der Waals surface area contributed by atoms with Gasteiger partial charge in [-0.3, -0.25) is 0 Å². The summed E-state index contributed by atoms with van der Waals surface area (Å²) in [6.45, 7) is 2.15. The first-order valence-corrected chi connectivity index (χ1v) is 11.4. The Bertz CT molecular complexity index is 1130. The summed E-state index contributed by atoms with van der Waals surface area (Å²) < 4.78 is 11.9. The fraction of sp³-hybridized carbons (Fsp3) is 0.231. The van der Waals surface area contributed by atoms with Crippen molar-refractivity contribution in [2.45, 2.75) is 25.6 Å². The highest BCUT2D eigenvalue weighted by molar-refractivity contribution is 9.10. The highest BCUT2D eigenvalue weighted by Gasteiger charge is 2.30. The number of hydrogen-bond donors (Lipinski definition) is 3. The van der Waals surface area contributed by atoms with E-state index in [4.69, 9.17) is 9.47 Å². The van der Waals surface area contributed by atoms with Crippen molar-refractivity contribution in [1.82, 2.24) is 5.32 Å². The highest BCUT2D eigenvalue weighted by Crippen LogP contribution is 2.33. The minimum absolute atomic E-state index is 0.0762. The molecule has 2 unspecified atom stereocenters. The van der Waals surface area contributed by atoms with E-state index in [1.807, 2.05) is 30.3 Å². The van der Waals surface area contributed by atoms with E-state index >= 15 is 0 Å². The predicted octanol–water partition coefficient (Wildman–Crippen LogP) is 4.68. The van der Waals surface area contributed by atoms with Crippen LogP contribution in [0.25, 0.3) is 5.70 Å². The van der Waals surface area contributed by atoms with Gasteiger partial charge in [0.2, 0.25) is 0 Å². The average Bonchev–Trinajstić information content (AvgIpc) is 2.84. The number of benzene rings is 3. The number of quaternary nitrogens is 1. The number of methoxy groups -OCH3 is 2. The Morgan fingerprint density at radius 3 is 2.41 bits per heavy atom. The zero-order valence-electron chi connectivity index (χ0n) is 18.4. The van der Waals surface area contributed by atoms with Crippen LogP contribution in [0.2, 0.25) is 0 Å². The van der Waals surface area contributed by atoms with Crippen molar-refractivity contribution in [1.29, 1.82) is 0 Å². The number of nitrogens with one attached hydrogen (secondary N) is 1. The summed E-state index contributed by atoms with van der Waals surface area (Å²) >= 11 is 3.54. The van der Waals surface area contributed by atoms with Gasteiger partial charge in [-0.15, -0.1) is 0 Å². The minimum Gasteiger partial charge on any atom is -0.507 e. The molecule has 0 saturated heterocycles. The summed E-state index contributed by atoms with van der Waals surface area (Å²) in [7, 11) is 3.28. The normalized spacial score (nSPS) is 17.9. The van der Waals surface area contributed by atoms with Gasteiger partial charge in [-0.2, -0.15) is 0 Å².